The summed E-state index contributed by atoms with van der Waals surface area (Å²) in [4.78, 5) is 9.03. The molecule has 0 aliphatic rings. The molecule has 15 heavy (non-hydrogen) atoms. The Morgan fingerprint density at radius 2 is 1.53 bits per heavy atom. The summed E-state index contributed by atoms with van der Waals surface area (Å²) in [6.45, 7) is 2.60. The summed E-state index contributed by atoms with van der Waals surface area (Å²) < 4.78 is 20.1. The van der Waals surface area contributed by atoms with Gasteiger partial charge in [-0.05, 0) is 6.42 Å². The number of hydrogen-bond donors (Lipinski definition) is 0. The minimum Gasteiger partial charge on any atom is -0.352 e. The molecule has 0 N–H and O–H groups in total. The second-order valence-corrected chi connectivity index (χ2v) is 4.79. The van der Waals surface area contributed by atoms with Crippen LogP contribution in [0.2, 0.25) is 0 Å². The second-order valence-electron chi connectivity index (χ2n) is 2.76. The van der Waals surface area contributed by atoms with Crippen LogP contribution >= 0.6 is 0 Å². The fourth-order valence-corrected chi connectivity index (χ4v) is 2.12. The third-order valence-corrected chi connectivity index (χ3v) is 3.45. The minimum absolute atomic E-state index is 0.487. The van der Waals surface area contributed by atoms with Crippen molar-refractivity contribution in [3.05, 3.63) is 0 Å². The summed E-state index contributed by atoms with van der Waals surface area (Å²) in [7, 11) is 0.869. The van der Waals surface area contributed by atoms with Gasteiger partial charge in [-0.15, -0.1) is 0 Å². The molecule has 0 aliphatic carbocycles. The first kappa shape index (κ1) is 15.0. The summed E-state index contributed by atoms with van der Waals surface area (Å²) in [6, 6.07) is 0. The zero-order chi connectivity index (χ0) is 11.6. The van der Waals surface area contributed by atoms with E-state index in [2.05, 4.69) is 16.7 Å². The van der Waals surface area contributed by atoms with Crippen LogP contribution in [-0.4, -0.2) is 37.0 Å². The molecular weight excluding hydrogens is 220 g/mol. The zero-order valence-electron chi connectivity index (χ0n) is 9.78. The zero-order valence-corrected chi connectivity index (χ0v) is 10.8. The van der Waals surface area contributed by atoms with Gasteiger partial charge in [-0.3, -0.25) is 0 Å². The van der Waals surface area contributed by atoms with Crippen LogP contribution in [0, 0.1) is 0 Å². The van der Waals surface area contributed by atoms with Crippen LogP contribution in [0.25, 0.3) is 0 Å². The largest absolute Gasteiger partial charge is 0.735 e. The van der Waals surface area contributed by atoms with E-state index in [1.165, 1.54) is 21.3 Å². The van der Waals surface area contributed by atoms with Crippen molar-refractivity contribution in [3.8, 4) is 0 Å². The SMILES string of the molecule is CCCCCO[Si](OC)(OOC)OOC. The molecule has 92 valence electrons. The van der Waals surface area contributed by atoms with Gasteiger partial charge in [0, 0.05) is 13.7 Å². The first-order valence-electron chi connectivity index (χ1n) is 4.87. The molecule has 0 aromatic carbocycles. The van der Waals surface area contributed by atoms with Gasteiger partial charge >= 0.3 is 9.05 Å². The number of unbranched alkanes of at least 4 members (excludes halogenated alkanes) is 2. The lowest BCUT2D eigenvalue weighted by molar-refractivity contribution is -0.319. The van der Waals surface area contributed by atoms with Crippen molar-refractivity contribution in [1.82, 2.24) is 0 Å². The Hall–Kier alpha value is -0.0231. The van der Waals surface area contributed by atoms with Crippen LogP contribution in [0.4, 0.5) is 0 Å². The van der Waals surface area contributed by atoms with Crippen LogP contribution in [0.15, 0.2) is 0 Å². The molecule has 0 aliphatic heterocycles. The highest BCUT2D eigenvalue weighted by atomic mass is 28.4. The molecule has 0 unspecified atom stereocenters. The Bertz CT molecular complexity index is 139. The third kappa shape index (κ3) is 6.20. The van der Waals surface area contributed by atoms with Gasteiger partial charge in [0.25, 0.3) is 0 Å². The maximum Gasteiger partial charge on any atom is 0.735 e. The van der Waals surface area contributed by atoms with Gasteiger partial charge in [0.2, 0.25) is 0 Å². The summed E-state index contributed by atoms with van der Waals surface area (Å²) >= 11 is 0. The molecule has 0 saturated carbocycles. The molecule has 0 amide bonds. The highest BCUT2D eigenvalue weighted by molar-refractivity contribution is 6.52. The Labute approximate surface area is 91.7 Å². The van der Waals surface area contributed by atoms with E-state index in [0.717, 1.165) is 19.3 Å². The smallest absolute Gasteiger partial charge is 0.352 e. The van der Waals surface area contributed by atoms with Crippen molar-refractivity contribution in [2.75, 3.05) is 27.9 Å². The Kier molecular flexibility index (Phi) is 9.21. The Morgan fingerprint density at radius 1 is 0.933 bits per heavy atom. The van der Waals surface area contributed by atoms with Gasteiger partial charge in [-0.25, -0.2) is 9.78 Å². The lowest BCUT2D eigenvalue weighted by atomic mass is 10.3. The molecule has 0 radical (unpaired) electrons. The van der Waals surface area contributed by atoms with Gasteiger partial charge < -0.3 is 8.85 Å². The topological polar surface area (TPSA) is 55.4 Å². The molecule has 0 saturated heterocycles. The summed E-state index contributed by atoms with van der Waals surface area (Å²) in [5, 5.41) is 0. The normalized spacial score (nSPS) is 12.0. The van der Waals surface area contributed by atoms with Crippen LogP contribution < -0.4 is 0 Å². The van der Waals surface area contributed by atoms with E-state index < -0.39 is 9.05 Å². The third-order valence-electron chi connectivity index (χ3n) is 1.65. The van der Waals surface area contributed by atoms with Crippen molar-refractivity contribution in [3.63, 3.8) is 0 Å². The van der Waals surface area contributed by atoms with Crippen molar-refractivity contribution < 1.29 is 27.8 Å². The maximum atomic E-state index is 5.38. The fraction of sp³-hybridized carbons (Fsp3) is 1.00. The van der Waals surface area contributed by atoms with Gasteiger partial charge in [0.1, 0.15) is 0 Å². The first-order valence-corrected chi connectivity index (χ1v) is 6.50. The number of hydrogen-bond acceptors (Lipinski definition) is 6. The molecule has 0 aromatic heterocycles. The van der Waals surface area contributed by atoms with Crippen LogP contribution in [-0.2, 0) is 27.8 Å². The lowest BCUT2D eigenvalue weighted by Crippen LogP contribution is -2.48. The van der Waals surface area contributed by atoms with E-state index in [1.807, 2.05) is 0 Å². The average Bonchev–Trinajstić information content (AvgIpc) is 2.25. The van der Waals surface area contributed by atoms with E-state index in [1.54, 1.807) is 0 Å². The molecule has 7 heteroatoms. The van der Waals surface area contributed by atoms with Crippen molar-refractivity contribution >= 4 is 9.05 Å². The molecule has 0 atom stereocenters. The maximum absolute atomic E-state index is 5.38. The molecule has 0 rings (SSSR count). The minimum atomic E-state index is -3.26. The van der Waals surface area contributed by atoms with Crippen molar-refractivity contribution in [2.45, 2.75) is 26.2 Å². The number of rotatable bonds is 10. The molecule has 0 bridgehead atoms. The molecule has 6 nitrogen and oxygen atoms in total. The van der Waals surface area contributed by atoms with E-state index in [9.17, 15) is 0 Å². The van der Waals surface area contributed by atoms with Crippen LogP contribution in [0.5, 0.6) is 0 Å². The monoisotopic (exact) mass is 240 g/mol. The standard InChI is InChI=1S/C8H20O6Si/c1-5-6-7-8-12-15(11-4,13-9-2)14-10-3/h5-8H2,1-4H3. The van der Waals surface area contributed by atoms with Gasteiger partial charge in [-0.2, -0.15) is 9.15 Å². The predicted molar refractivity (Wildman–Crippen MR) is 54.4 cm³/mol. The predicted octanol–water partition coefficient (Wildman–Crippen LogP) is 1.43. The van der Waals surface area contributed by atoms with Gasteiger partial charge in [-0.1, -0.05) is 19.8 Å². The highest BCUT2D eigenvalue weighted by Crippen LogP contribution is 2.12. The van der Waals surface area contributed by atoms with E-state index >= 15 is 0 Å². The van der Waals surface area contributed by atoms with E-state index in [4.69, 9.17) is 18.0 Å². The van der Waals surface area contributed by atoms with Crippen LogP contribution in [0.1, 0.15) is 26.2 Å². The van der Waals surface area contributed by atoms with Crippen LogP contribution in [0.3, 0.4) is 0 Å². The average molecular weight is 240 g/mol. The van der Waals surface area contributed by atoms with Gasteiger partial charge in [0.15, 0.2) is 0 Å². The quantitative estimate of drug-likeness (QED) is 0.249. The summed E-state index contributed by atoms with van der Waals surface area (Å²) in [6.07, 6.45) is 3.10. The van der Waals surface area contributed by atoms with E-state index in [0.29, 0.717) is 6.61 Å². The molecule has 0 heterocycles. The van der Waals surface area contributed by atoms with Crippen molar-refractivity contribution in [1.29, 1.82) is 0 Å². The second kappa shape index (κ2) is 9.22. The Balaban J connectivity index is 3.96. The molecular formula is C8H20O6Si. The summed E-state index contributed by atoms with van der Waals surface area (Å²) in [5.74, 6) is 0. The highest BCUT2D eigenvalue weighted by Gasteiger charge is 2.48. The Morgan fingerprint density at radius 3 is 1.93 bits per heavy atom. The lowest BCUT2D eigenvalue weighted by Gasteiger charge is -2.22. The fourth-order valence-electron chi connectivity index (χ4n) is 0.942. The summed E-state index contributed by atoms with van der Waals surface area (Å²) in [5.41, 5.74) is 0. The van der Waals surface area contributed by atoms with E-state index in [-0.39, 0.29) is 0 Å². The molecule has 0 fully saturated rings. The molecule has 0 spiro atoms. The first-order chi connectivity index (χ1) is 7.24. The molecule has 0 aromatic rings. The van der Waals surface area contributed by atoms with Gasteiger partial charge in [0.05, 0.1) is 14.2 Å². The van der Waals surface area contributed by atoms with Crippen molar-refractivity contribution in [2.24, 2.45) is 0 Å².